The Labute approximate surface area is 110 Å². The number of hydrogen-bond acceptors (Lipinski definition) is 2. The van der Waals surface area contributed by atoms with E-state index < -0.39 is 0 Å². The van der Waals surface area contributed by atoms with Gasteiger partial charge in [-0.2, -0.15) is 0 Å². The number of likely N-dealkylation sites (N-methyl/N-ethyl adjacent to an activating group) is 1. The maximum Gasteiger partial charge on any atom is 0.239 e. The predicted molar refractivity (Wildman–Crippen MR) is 75.2 cm³/mol. The van der Waals surface area contributed by atoms with Crippen LogP contribution in [0, 0.1) is 6.92 Å². The van der Waals surface area contributed by atoms with Crippen LogP contribution in [-0.4, -0.2) is 23.4 Å². The maximum absolute atomic E-state index is 12.2. The first-order valence-corrected chi connectivity index (χ1v) is 6.69. The van der Waals surface area contributed by atoms with E-state index in [-0.39, 0.29) is 11.9 Å². The molecule has 0 aromatic heterocycles. The molecule has 3 heteroatoms. The highest BCUT2D eigenvalue weighted by Gasteiger charge is 2.19. The number of hydrogen-bond donors (Lipinski definition) is 1. The summed E-state index contributed by atoms with van der Waals surface area (Å²) in [6.45, 7) is 7.46. The number of benzene rings is 1. The Morgan fingerprint density at radius 2 is 2.00 bits per heavy atom. The van der Waals surface area contributed by atoms with Crippen LogP contribution in [0.1, 0.15) is 37.8 Å². The number of nitrogens with zero attached hydrogens (tertiary/aromatic N) is 1. The van der Waals surface area contributed by atoms with Crippen LogP contribution in [0.15, 0.2) is 24.3 Å². The van der Waals surface area contributed by atoms with Crippen molar-refractivity contribution in [2.24, 2.45) is 5.73 Å². The minimum absolute atomic E-state index is 0.0580. The Bertz CT molecular complexity index is 390. The molecule has 1 aromatic rings. The van der Waals surface area contributed by atoms with Crippen LogP contribution in [0.3, 0.4) is 0 Å². The minimum atomic E-state index is -0.362. The second-order valence-electron chi connectivity index (χ2n) is 4.67. The predicted octanol–water partition coefficient (Wildman–Crippen LogP) is 2.47. The van der Waals surface area contributed by atoms with Crippen molar-refractivity contribution in [1.29, 1.82) is 0 Å². The normalized spacial score (nSPS) is 12.2. The van der Waals surface area contributed by atoms with Crippen molar-refractivity contribution in [3.05, 3.63) is 35.4 Å². The Balaban J connectivity index is 2.73. The van der Waals surface area contributed by atoms with Crippen LogP contribution in [0.5, 0.6) is 0 Å². The molecule has 0 aliphatic heterocycles. The lowest BCUT2D eigenvalue weighted by Crippen LogP contribution is -2.43. The number of carbonyl (C=O) groups excluding carboxylic acids is 1. The summed E-state index contributed by atoms with van der Waals surface area (Å²) in [6, 6.07) is 7.79. The molecular weight excluding hydrogens is 224 g/mol. The summed E-state index contributed by atoms with van der Waals surface area (Å²) in [6.07, 6.45) is 1.69. The summed E-state index contributed by atoms with van der Waals surface area (Å²) in [7, 11) is 0. The van der Waals surface area contributed by atoms with Crippen LogP contribution in [0.25, 0.3) is 0 Å². The molecule has 18 heavy (non-hydrogen) atoms. The molecule has 3 nitrogen and oxygen atoms in total. The summed E-state index contributed by atoms with van der Waals surface area (Å²) >= 11 is 0. The summed E-state index contributed by atoms with van der Waals surface area (Å²) in [5.74, 6) is 0.0580. The molecule has 0 unspecified atom stereocenters. The van der Waals surface area contributed by atoms with Gasteiger partial charge in [0.25, 0.3) is 0 Å². The van der Waals surface area contributed by atoms with Crippen LogP contribution < -0.4 is 5.73 Å². The summed E-state index contributed by atoms with van der Waals surface area (Å²) in [5, 5.41) is 0. The molecule has 1 atom stereocenters. The average Bonchev–Trinajstić information content (AvgIpc) is 2.37. The standard InChI is InChI=1S/C15H24N2O/c1-4-8-14(16)15(18)17(5-2)11-13-10-7-6-9-12(13)3/h6-7,9-10,14H,4-5,8,11,16H2,1-3H3/t14-/m1/s1. The van der Waals surface area contributed by atoms with Crippen molar-refractivity contribution < 1.29 is 4.79 Å². The van der Waals surface area contributed by atoms with Crippen molar-refractivity contribution in [3.63, 3.8) is 0 Å². The van der Waals surface area contributed by atoms with Gasteiger partial charge in [0.15, 0.2) is 0 Å². The van der Waals surface area contributed by atoms with Gasteiger partial charge < -0.3 is 10.6 Å². The summed E-state index contributed by atoms with van der Waals surface area (Å²) < 4.78 is 0. The van der Waals surface area contributed by atoms with Crippen molar-refractivity contribution in [1.82, 2.24) is 4.90 Å². The molecule has 0 heterocycles. The van der Waals surface area contributed by atoms with E-state index in [1.54, 1.807) is 0 Å². The van der Waals surface area contributed by atoms with E-state index in [0.29, 0.717) is 13.1 Å². The largest absolute Gasteiger partial charge is 0.337 e. The van der Waals surface area contributed by atoms with Gasteiger partial charge in [-0.15, -0.1) is 0 Å². The van der Waals surface area contributed by atoms with Crippen molar-refractivity contribution in [3.8, 4) is 0 Å². The highest BCUT2D eigenvalue weighted by atomic mass is 16.2. The molecular formula is C15H24N2O. The Hall–Kier alpha value is -1.35. The van der Waals surface area contributed by atoms with Gasteiger partial charge in [-0.05, 0) is 31.4 Å². The van der Waals surface area contributed by atoms with Crippen molar-refractivity contribution >= 4 is 5.91 Å². The van der Waals surface area contributed by atoms with E-state index in [1.807, 2.05) is 30.9 Å². The highest BCUT2D eigenvalue weighted by molar-refractivity contribution is 5.81. The third-order valence-electron chi connectivity index (χ3n) is 3.23. The molecule has 2 N–H and O–H groups in total. The van der Waals surface area contributed by atoms with Gasteiger partial charge in [-0.25, -0.2) is 0 Å². The quantitative estimate of drug-likeness (QED) is 0.840. The van der Waals surface area contributed by atoms with E-state index in [9.17, 15) is 4.79 Å². The van der Waals surface area contributed by atoms with E-state index in [2.05, 4.69) is 19.1 Å². The lowest BCUT2D eigenvalue weighted by molar-refractivity contribution is -0.133. The van der Waals surface area contributed by atoms with Crippen LogP contribution in [0.2, 0.25) is 0 Å². The lowest BCUT2D eigenvalue weighted by atomic mass is 10.1. The van der Waals surface area contributed by atoms with Gasteiger partial charge in [0.2, 0.25) is 5.91 Å². The van der Waals surface area contributed by atoms with Gasteiger partial charge in [-0.3, -0.25) is 4.79 Å². The second-order valence-corrected chi connectivity index (χ2v) is 4.67. The molecule has 100 valence electrons. The number of aryl methyl sites for hydroxylation is 1. The molecule has 1 rings (SSSR count). The molecule has 0 aliphatic carbocycles. The average molecular weight is 248 g/mol. The van der Waals surface area contributed by atoms with E-state index in [4.69, 9.17) is 5.73 Å². The van der Waals surface area contributed by atoms with E-state index in [1.165, 1.54) is 11.1 Å². The zero-order valence-corrected chi connectivity index (χ0v) is 11.6. The fraction of sp³-hybridized carbons (Fsp3) is 0.533. The monoisotopic (exact) mass is 248 g/mol. The number of amides is 1. The number of rotatable bonds is 6. The van der Waals surface area contributed by atoms with Crippen molar-refractivity contribution in [2.45, 2.75) is 46.2 Å². The molecule has 0 spiro atoms. The van der Waals surface area contributed by atoms with Gasteiger partial charge in [-0.1, -0.05) is 37.6 Å². The fourth-order valence-corrected chi connectivity index (χ4v) is 2.01. The summed E-state index contributed by atoms with van der Waals surface area (Å²) in [4.78, 5) is 14.0. The second kappa shape index (κ2) is 7.17. The van der Waals surface area contributed by atoms with Crippen LogP contribution in [-0.2, 0) is 11.3 Å². The Kier molecular flexibility index (Phi) is 5.86. The molecule has 1 amide bonds. The Morgan fingerprint density at radius 3 is 2.56 bits per heavy atom. The smallest absolute Gasteiger partial charge is 0.239 e. The van der Waals surface area contributed by atoms with Crippen LogP contribution >= 0.6 is 0 Å². The SMILES string of the molecule is CCC[C@@H](N)C(=O)N(CC)Cc1ccccc1C. The minimum Gasteiger partial charge on any atom is -0.337 e. The number of nitrogens with two attached hydrogens (primary N) is 1. The van der Waals surface area contributed by atoms with E-state index >= 15 is 0 Å². The third-order valence-corrected chi connectivity index (χ3v) is 3.23. The molecule has 1 aromatic carbocycles. The molecule has 0 bridgehead atoms. The van der Waals surface area contributed by atoms with Gasteiger partial charge in [0.05, 0.1) is 6.04 Å². The zero-order valence-electron chi connectivity index (χ0n) is 11.6. The first-order valence-electron chi connectivity index (χ1n) is 6.69. The highest BCUT2D eigenvalue weighted by Crippen LogP contribution is 2.11. The molecule has 0 fully saturated rings. The lowest BCUT2D eigenvalue weighted by Gasteiger charge is -2.25. The first-order chi connectivity index (χ1) is 8.60. The molecule has 0 aliphatic rings. The zero-order chi connectivity index (χ0) is 13.5. The Morgan fingerprint density at radius 1 is 1.33 bits per heavy atom. The number of carbonyl (C=O) groups is 1. The molecule has 0 saturated carbocycles. The van der Waals surface area contributed by atoms with Crippen molar-refractivity contribution in [2.75, 3.05) is 6.54 Å². The first kappa shape index (κ1) is 14.7. The summed E-state index contributed by atoms with van der Waals surface area (Å²) in [5.41, 5.74) is 8.31. The molecule has 0 saturated heterocycles. The van der Waals surface area contributed by atoms with Gasteiger partial charge >= 0.3 is 0 Å². The fourth-order valence-electron chi connectivity index (χ4n) is 2.01. The van der Waals surface area contributed by atoms with Crippen LogP contribution in [0.4, 0.5) is 0 Å². The maximum atomic E-state index is 12.2. The molecule has 0 radical (unpaired) electrons. The topological polar surface area (TPSA) is 46.3 Å². The van der Waals surface area contributed by atoms with Gasteiger partial charge in [0.1, 0.15) is 0 Å². The van der Waals surface area contributed by atoms with E-state index in [0.717, 1.165) is 12.8 Å². The third kappa shape index (κ3) is 3.84. The van der Waals surface area contributed by atoms with Gasteiger partial charge in [0, 0.05) is 13.1 Å².